The van der Waals surface area contributed by atoms with Gasteiger partial charge in [0.25, 0.3) is 0 Å². The minimum atomic E-state index is 0.304. The molecule has 0 spiro atoms. The molecule has 352 valence electrons. The van der Waals surface area contributed by atoms with E-state index in [1.807, 2.05) is 137 Å². The molecule has 0 aliphatic heterocycles. The molecule has 0 N–H and O–H groups in total. The van der Waals surface area contributed by atoms with E-state index in [0.29, 0.717) is 11.8 Å². The van der Waals surface area contributed by atoms with Gasteiger partial charge in [-0.15, -0.1) is 0 Å². The lowest BCUT2D eigenvalue weighted by molar-refractivity contribution is 0.922. The zero-order chi connectivity index (χ0) is 49.8. The maximum Gasteiger partial charge on any atom is 0.0339 e. The van der Waals surface area contributed by atoms with Gasteiger partial charge in [-0.2, -0.15) is 0 Å². The predicted octanol–water partition coefficient (Wildman–Crippen LogP) is 21.6. The average Bonchev–Trinajstić information content (AvgIpc) is 3.44. The standard InChI is InChI=1S/C20H18.C14H14.C12H10.9C2H6/c1-16-12-14-19(15-13-16)20(17-8-4-2-5-9-17)18-10-6-3-7-11-18;1-12(13-8-4-2-5-9-13)14-10-6-3-7-11-14;1-3-7-11(8-4-1)12-9-5-2-6-10-12;9*1-2/h2-15,20H,1H3;2-12H,1H3;1-10H;9*1-2H3. The summed E-state index contributed by atoms with van der Waals surface area (Å²) in [4.78, 5) is 0. The van der Waals surface area contributed by atoms with Crippen molar-refractivity contribution in [2.24, 2.45) is 0 Å². The molecule has 64 heavy (non-hydrogen) atoms. The van der Waals surface area contributed by atoms with Gasteiger partial charge in [0.15, 0.2) is 0 Å². The summed E-state index contributed by atoms with van der Waals surface area (Å²) in [5.74, 6) is 0.787. The Morgan fingerprint density at radius 3 is 0.641 bits per heavy atom. The quantitative estimate of drug-likeness (QED) is 0.146. The molecule has 0 saturated carbocycles. The van der Waals surface area contributed by atoms with Crippen LogP contribution in [0, 0.1) is 6.92 Å². The Labute approximate surface area is 399 Å². The van der Waals surface area contributed by atoms with E-state index in [-0.39, 0.29) is 0 Å². The second-order valence-corrected chi connectivity index (χ2v) is 11.4. The third-order valence-corrected chi connectivity index (χ3v) is 8.16. The van der Waals surface area contributed by atoms with Gasteiger partial charge >= 0.3 is 0 Å². The number of hydrogen-bond donors (Lipinski definition) is 0. The first-order chi connectivity index (χ1) is 31.7. The summed E-state index contributed by atoms with van der Waals surface area (Å²) in [5.41, 5.74) is 10.6. The number of rotatable bonds is 6. The molecule has 0 saturated heterocycles. The number of benzene rings is 7. The third-order valence-electron chi connectivity index (χ3n) is 8.16. The number of hydrogen-bond acceptors (Lipinski definition) is 0. The van der Waals surface area contributed by atoms with Crippen LogP contribution in [0.3, 0.4) is 0 Å². The lowest BCUT2D eigenvalue weighted by Crippen LogP contribution is -2.03. The second-order valence-electron chi connectivity index (χ2n) is 11.4. The van der Waals surface area contributed by atoms with Crippen LogP contribution >= 0.6 is 0 Å². The zero-order valence-corrected chi connectivity index (χ0v) is 44.8. The highest BCUT2D eigenvalue weighted by molar-refractivity contribution is 5.62. The van der Waals surface area contributed by atoms with Gasteiger partial charge in [0, 0.05) is 11.8 Å². The van der Waals surface area contributed by atoms with Gasteiger partial charge in [-0.25, -0.2) is 0 Å². The fourth-order valence-corrected chi connectivity index (χ4v) is 5.56. The first kappa shape index (κ1) is 67.6. The van der Waals surface area contributed by atoms with Crippen LogP contribution in [0.15, 0.2) is 206 Å². The molecule has 0 radical (unpaired) electrons. The fourth-order valence-electron chi connectivity index (χ4n) is 5.56. The maximum atomic E-state index is 2.24. The van der Waals surface area contributed by atoms with Crippen molar-refractivity contribution in [2.45, 2.75) is 150 Å². The van der Waals surface area contributed by atoms with Gasteiger partial charge in [-0.3, -0.25) is 0 Å². The van der Waals surface area contributed by atoms with Gasteiger partial charge in [0.1, 0.15) is 0 Å². The summed E-state index contributed by atoms with van der Waals surface area (Å²) < 4.78 is 0. The molecule has 0 fully saturated rings. The Hall–Kier alpha value is -5.46. The van der Waals surface area contributed by atoms with Crippen LogP contribution in [-0.4, -0.2) is 0 Å². The normalized spacial score (nSPS) is 8.28. The summed E-state index contributed by atoms with van der Waals surface area (Å²) in [5, 5.41) is 0. The first-order valence-electron chi connectivity index (χ1n) is 25.1. The zero-order valence-electron chi connectivity index (χ0n) is 44.8. The monoisotopic (exact) mass is 865 g/mol. The summed E-state index contributed by atoms with van der Waals surface area (Å²) in [6.07, 6.45) is 0. The molecule has 0 aliphatic rings. The second kappa shape index (κ2) is 53.7. The smallest absolute Gasteiger partial charge is 0.0339 e. The summed E-state index contributed by atoms with van der Waals surface area (Å²) >= 11 is 0. The highest BCUT2D eigenvalue weighted by Gasteiger charge is 2.15. The molecule has 0 unspecified atom stereocenters. The van der Waals surface area contributed by atoms with Crippen LogP contribution in [-0.2, 0) is 0 Å². The van der Waals surface area contributed by atoms with Gasteiger partial charge in [-0.1, -0.05) is 343 Å². The first-order valence-corrected chi connectivity index (χ1v) is 25.1. The Balaban J connectivity index is -0.000000235. The van der Waals surface area contributed by atoms with Crippen molar-refractivity contribution in [3.05, 3.63) is 240 Å². The molecule has 7 rings (SSSR count). The molecule has 7 aromatic carbocycles. The largest absolute Gasteiger partial charge is 0.0683 e. The Morgan fingerprint density at radius 1 is 0.219 bits per heavy atom. The van der Waals surface area contributed by atoms with E-state index < -0.39 is 0 Å². The van der Waals surface area contributed by atoms with Crippen LogP contribution in [0.25, 0.3) is 11.1 Å². The molecule has 0 nitrogen and oxygen atoms in total. The molecule has 0 aromatic heterocycles. The minimum absolute atomic E-state index is 0.304. The van der Waals surface area contributed by atoms with E-state index in [1.165, 1.54) is 44.5 Å². The van der Waals surface area contributed by atoms with Gasteiger partial charge in [0.2, 0.25) is 0 Å². The fraction of sp³-hybridized carbons (Fsp3) is 0.344. The molecule has 7 aromatic rings. The molecule has 0 heterocycles. The van der Waals surface area contributed by atoms with Gasteiger partial charge in [0.05, 0.1) is 0 Å². The van der Waals surface area contributed by atoms with Crippen molar-refractivity contribution in [2.75, 3.05) is 0 Å². The maximum absolute atomic E-state index is 2.24. The van der Waals surface area contributed by atoms with Crippen LogP contribution in [0.2, 0.25) is 0 Å². The molecule has 0 bridgehead atoms. The molecule has 0 aliphatic carbocycles. The molecule has 0 atom stereocenters. The molecular weight excluding hydrogens is 769 g/mol. The average molecular weight is 865 g/mol. The number of aryl methyl sites for hydroxylation is 1. The summed E-state index contributed by atoms with van der Waals surface area (Å²) in [6.45, 7) is 40.4. The van der Waals surface area contributed by atoms with Crippen LogP contribution in [0.1, 0.15) is 177 Å². The predicted molar refractivity (Wildman–Crippen MR) is 299 cm³/mol. The van der Waals surface area contributed by atoms with Crippen molar-refractivity contribution in [3.63, 3.8) is 0 Å². The van der Waals surface area contributed by atoms with Crippen molar-refractivity contribution in [1.29, 1.82) is 0 Å². The van der Waals surface area contributed by atoms with Gasteiger partial charge < -0.3 is 0 Å². The van der Waals surface area contributed by atoms with Crippen molar-refractivity contribution >= 4 is 0 Å². The van der Waals surface area contributed by atoms with E-state index in [9.17, 15) is 0 Å². The Morgan fingerprint density at radius 2 is 0.406 bits per heavy atom. The van der Waals surface area contributed by atoms with Crippen LogP contribution < -0.4 is 0 Å². The molecular formula is C64H96. The Bertz CT molecular complexity index is 1680. The highest BCUT2D eigenvalue weighted by atomic mass is 14.2. The van der Waals surface area contributed by atoms with E-state index in [0.717, 1.165) is 0 Å². The lowest BCUT2D eigenvalue weighted by Gasteiger charge is -2.19. The minimum Gasteiger partial charge on any atom is -0.0683 e. The van der Waals surface area contributed by atoms with Crippen molar-refractivity contribution in [3.8, 4) is 11.1 Å². The van der Waals surface area contributed by atoms with E-state index >= 15 is 0 Å². The SMILES string of the molecule is CC.CC.CC.CC.CC.CC.CC.CC.CC.CC(c1ccccc1)c1ccccc1.Cc1ccc(C(c2ccccc2)c2ccccc2)cc1.c1ccc(-c2ccccc2)cc1. The van der Waals surface area contributed by atoms with E-state index in [1.54, 1.807) is 0 Å². The van der Waals surface area contributed by atoms with Crippen LogP contribution in [0.5, 0.6) is 0 Å². The van der Waals surface area contributed by atoms with E-state index in [2.05, 4.69) is 208 Å². The molecule has 0 amide bonds. The summed E-state index contributed by atoms with van der Waals surface area (Å²) in [6, 6.07) is 72.2. The topological polar surface area (TPSA) is 0 Å². The molecule has 0 heteroatoms. The third kappa shape index (κ3) is 29.8. The van der Waals surface area contributed by atoms with Crippen molar-refractivity contribution in [1.82, 2.24) is 0 Å². The Kier molecular flexibility index (Phi) is 56.7. The van der Waals surface area contributed by atoms with E-state index in [4.69, 9.17) is 0 Å². The lowest BCUT2D eigenvalue weighted by atomic mass is 9.85. The van der Waals surface area contributed by atoms with Crippen molar-refractivity contribution < 1.29 is 0 Å². The highest BCUT2D eigenvalue weighted by Crippen LogP contribution is 2.31. The summed E-state index contributed by atoms with van der Waals surface area (Å²) in [7, 11) is 0. The van der Waals surface area contributed by atoms with Crippen LogP contribution in [0.4, 0.5) is 0 Å². The van der Waals surface area contributed by atoms with Gasteiger partial charge in [-0.05, 0) is 45.9 Å².